The molecule has 3 rings (SSSR count). The monoisotopic (exact) mass is 307 g/mol. The normalized spacial score (nSPS) is 17.2. The predicted molar refractivity (Wildman–Crippen MR) is 89.3 cm³/mol. The highest BCUT2D eigenvalue weighted by Crippen LogP contribution is 2.25. The quantitative estimate of drug-likeness (QED) is 0.915. The zero-order chi connectivity index (χ0) is 14.8. The van der Waals surface area contributed by atoms with Crippen molar-refractivity contribution in [1.82, 2.24) is 19.6 Å². The Kier molecular flexibility index (Phi) is 4.47. The molecule has 0 aromatic carbocycles. The molecule has 1 aliphatic rings. The van der Waals surface area contributed by atoms with Crippen molar-refractivity contribution in [3.63, 3.8) is 0 Å². The van der Waals surface area contributed by atoms with E-state index in [0.717, 1.165) is 44.2 Å². The molecule has 5 nitrogen and oxygen atoms in total. The standard InChI is InChI=1S/C15H25N5S/c1-12(2)10-16-11-13-14(17-15-20(13)8-9-21-15)19-6-4-18(3)5-7-19/h8-9,12,16H,4-7,10-11H2,1-3H3. The molecule has 1 fully saturated rings. The van der Waals surface area contributed by atoms with Crippen LogP contribution in [0.25, 0.3) is 4.96 Å². The molecule has 0 unspecified atom stereocenters. The van der Waals surface area contributed by atoms with Crippen LogP contribution in [0.2, 0.25) is 0 Å². The second kappa shape index (κ2) is 6.34. The summed E-state index contributed by atoms with van der Waals surface area (Å²) in [4.78, 5) is 10.8. The largest absolute Gasteiger partial charge is 0.352 e. The molecule has 0 spiro atoms. The molecular weight excluding hydrogens is 282 g/mol. The Bertz CT molecular complexity index is 580. The Balaban J connectivity index is 1.81. The summed E-state index contributed by atoms with van der Waals surface area (Å²) >= 11 is 1.71. The first-order valence-electron chi connectivity index (χ1n) is 7.74. The van der Waals surface area contributed by atoms with Gasteiger partial charge in [-0.1, -0.05) is 13.8 Å². The molecule has 0 radical (unpaired) electrons. The predicted octanol–water partition coefficient (Wildman–Crippen LogP) is 1.89. The lowest BCUT2D eigenvalue weighted by atomic mass is 10.2. The number of hydrogen-bond donors (Lipinski definition) is 1. The lowest BCUT2D eigenvalue weighted by Gasteiger charge is -2.33. The van der Waals surface area contributed by atoms with Crippen LogP contribution in [0.1, 0.15) is 19.5 Å². The minimum absolute atomic E-state index is 0.669. The third-order valence-electron chi connectivity index (χ3n) is 3.99. The van der Waals surface area contributed by atoms with Crippen molar-refractivity contribution < 1.29 is 0 Å². The van der Waals surface area contributed by atoms with Gasteiger partial charge < -0.3 is 15.1 Å². The molecule has 1 saturated heterocycles. The molecule has 1 N–H and O–H groups in total. The van der Waals surface area contributed by atoms with E-state index in [2.05, 4.69) is 52.0 Å². The third kappa shape index (κ3) is 3.22. The number of likely N-dealkylation sites (N-methyl/N-ethyl adjacent to an activating group) is 1. The van der Waals surface area contributed by atoms with Gasteiger partial charge in [0.2, 0.25) is 0 Å². The maximum atomic E-state index is 4.87. The first kappa shape index (κ1) is 14.8. The number of imidazole rings is 1. The molecule has 0 aliphatic carbocycles. The third-order valence-corrected chi connectivity index (χ3v) is 4.74. The summed E-state index contributed by atoms with van der Waals surface area (Å²) in [5, 5.41) is 5.68. The van der Waals surface area contributed by atoms with Gasteiger partial charge in [-0.05, 0) is 19.5 Å². The molecule has 1 aliphatic heterocycles. The first-order valence-corrected chi connectivity index (χ1v) is 8.61. The summed E-state index contributed by atoms with van der Waals surface area (Å²) in [6.45, 7) is 10.8. The van der Waals surface area contributed by atoms with Crippen molar-refractivity contribution in [2.24, 2.45) is 5.92 Å². The van der Waals surface area contributed by atoms with E-state index in [1.165, 1.54) is 11.5 Å². The maximum Gasteiger partial charge on any atom is 0.195 e. The number of hydrogen-bond acceptors (Lipinski definition) is 5. The zero-order valence-corrected chi connectivity index (χ0v) is 14.0. The van der Waals surface area contributed by atoms with Crippen molar-refractivity contribution in [1.29, 1.82) is 0 Å². The van der Waals surface area contributed by atoms with E-state index < -0.39 is 0 Å². The van der Waals surface area contributed by atoms with E-state index in [4.69, 9.17) is 4.98 Å². The minimum atomic E-state index is 0.669. The summed E-state index contributed by atoms with van der Waals surface area (Å²) in [6.07, 6.45) is 2.14. The number of thiazole rings is 1. The molecule has 0 bridgehead atoms. The van der Waals surface area contributed by atoms with Crippen molar-refractivity contribution in [3.8, 4) is 0 Å². The smallest absolute Gasteiger partial charge is 0.195 e. The molecule has 2 aromatic heterocycles. The summed E-state index contributed by atoms with van der Waals surface area (Å²) in [7, 11) is 2.19. The van der Waals surface area contributed by atoms with E-state index in [-0.39, 0.29) is 0 Å². The molecule has 21 heavy (non-hydrogen) atoms. The average Bonchev–Trinajstić information content (AvgIpc) is 3.01. The fraction of sp³-hybridized carbons (Fsp3) is 0.667. The van der Waals surface area contributed by atoms with Crippen LogP contribution in [0.3, 0.4) is 0 Å². The number of nitrogens with one attached hydrogen (secondary N) is 1. The van der Waals surface area contributed by atoms with Gasteiger partial charge in [0.1, 0.15) is 0 Å². The summed E-state index contributed by atoms with van der Waals surface area (Å²) in [5.74, 6) is 1.84. The Morgan fingerprint density at radius 3 is 2.76 bits per heavy atom. The molecule has 0 saturated carbocycles. The highest BCUT2D eigenvalue weighted by molar-refractivity contribution is 7.15. The van der Waals surface area contributed by atoms with Crippen molar-refractivity contribution in [2.45, 2.75) is 20.4 Å². The van der Waals surface area contributed by atoms with E-state index in [9.17, 15) is 0 Å². The van der Waals surface area contributed by atoms with E-state index in [0.29, 0.717) is 5.92 Å². The van der Waals surface area contributed by atoms with Gasteiger partial charge in [0.05, 0.1) is 5.69 Å². The van der Waals surface area contributed by atoms with E-state index >= 15 is 0 Å². The van der Waals surface area contributed by atoms with Crippen LogP contribution in [-0.4, -0.2) is 54.1 Å². The lowest BCUT2D eigenvalue weighted by Crippen LogP contribution is -2.45. The van der Waals surface area contributed by atoms with Gasteiger partial charge in [-0.25, -0.2) is 4.98 Å². The van der Waals surface area contributed by atoms with Crippen molar-refractivity contribution >= 4 is 22.1 Å². The molecule has 0 amide bonds. The van der Waals surface area contributed by atoms with Gasteiger partial charge >= 0.3 is 0 Å². The molecular formula is C15H25N5S. The Morgan fingerprint density at radius 2 is 2.05 bits per heavy atom. The molecule has 2 aromatic rings. The highest BCUT2D eigenvalue weighted by Gasteiger charge is 2.21. The Labute approximate surface area is 130 Å². The van der Waals surface area contributed by atoms with Gasteiger partial charge in [0.25, 0.3) is 0 Å². The van der Waals surface area contributed by atoms with E-state index in [1.807, 2.05) is 0 Å². The topological polar surface area (TPSA) is 35.8 Å². The van der Waals surface area contributed by atoms with Crippen LogP contribution in [0, 0.1) is 5.92 Å². The Hall–Kier alpha value is -1.11. The van der Waals surface area contributed by atoms with Gasteiger partial charge in [0, 0.05) is 44.3 Å². The molecule has 3 heterocycles. The van der Waals surface area contributed by atoms with E-state index in [1.54, 1.807) is 11.3 Å². The van der Waals surface area contributed by atoms with Crippen molar-refractivity contribution in [3.05, 3.63) is 17.3 Å². The molecule has 116 valence electrons. The summed E-state index contributed by atoms with van der Waals surface area (Å²) < 4.78 is 2.24. The second-order valence-electron chi connectivity index (χ2n) is 6.25. The Morgan fingerprint density at radius 1 is 1.29 bits per heavy atom. The van der Waals surface area contributed by atoms with Gasteiger partial charge in [-0.3, -0.25) is 4.40 Å². The van der Waals surface area contributed by atoms with Crippen LogP contribution in [0.15, 0.2) is 11.6 Å². The number of aromatic nitrogens is 2. The molecule has 0 atom stereocenters. The lowest BCUT2D eigenvalue weighted by molar-refractivity contribution is 0.312. The number of piperazine rings is 1. The number of anilines is 1. The maximum absolute atomic E-state index is 4.87. The number of rotatable bonds is 5. The molecule has 6 heteroatoms. The summed E-state index contributed by atoms with van der Waals surface area (Å²) in [5.41, 5.74) is 1.30. The van der Waals surface area contributed by atoms with Crippen LogP contribution in [-0.2, 0) is 6.54 Å². The average molecular weight is 307 g/mol. The highest BCUT2D eigenvalue weighted by atomic mass is 32.1. The number of nitrogens with zero attached hydrogens (tertiary/aromatic N) is 4. The minimum Gasteiger partial charge on any atom is -0.352 e. The first-order chi connectivity index (χ1) is 10.1. The van der Waals surface area contributed by atoms with Crippen LogP contribution < -0.4 is 10.2 Å². The fourth-order valence-electron chi connectivity index (χ4n) is 2.74. The van der Waals surface area contributed by atoms with Crippen LogP contribution >= 0.6 is 11.3 Å². The van der Waals surface area contributed by atoms with Crippen LogP contribution in [0.5, 0.6) is 0 Å². The fourth-order valence-corrected chi connectivity index (χ4v) is 3.46. The van der Waals surface area contributed by atoms with Gasteiger partial charge in [0.15, 0.2) is 10.8 Å². The second-order valence-corrected chi connectivity index (χ2v) is 7.13. The van der Waals surface area contributed by atoms with Gasteiger partial charge in [-0.2, -0.15) is 0 Å². The van der Waals surface area contributed by atoms with Crippen LogP contribution in [0.4, 0.5) is 5.82 Å². The van der Waals surface area contributed by atoms with Gasteiger partial charge in [-0.15, -0.1) is 11.3 Å². The SMILES string of the molecule is CC(C)CNCc1c(N2CCN(C)CC2)nc2sccn12. The summed E-state index contributed by atoms with van der Waals surface area (Å²) in [6, 6.07) is 0. The number of fused-ring (bicyclic) bond motifs is 1. The zero-order valence-electron chi connectivity index (χ0n) is 13.2. The van der Waals surface area contributed by atoms with Crippen molar-refractivity contribution in [2.75, 3.05) is 44.7 Å².